The number of nitrogens with one attached hydrogen (secondary N) is 1. The van der Waals surface area contributed by atoms with E-state index in [0.29, 0.717) is 35.9 Å². The molecule has 0 saturated carbocycles. The van der Waals surface area contributed by atoms with Crippen LogP contribution in [0.5, 0.6) is 11.5 Å². The smallest absolute Gasteiger partial charge is 0.179 e. The summed E-state index contributed by atoms with van der Waals surface area (Å²) >= 11 is 6.23. The molecule has 0 amide bonds. The SMILES string of the molecule is CCC(NCc1cc(Cl)c2c(c1)OCCO2)C(C)C. The van der Waals surface area contributed by atoms with Crippen LogP contribution in [-0.4, -0.2) is 19.3 Å². The number of benzene rings is 1. The van der Waals surface area contributed by atoms with Gasteiger partial charge in [-0.1, -0.05) is 32.4 Å². The van der Waals surface area contributed by atoms with E-state index in [9.17, 15) is 0 Å². The lowest BCUT2D eigenvalue weighted by Crippen LogP contribution is -2.32. The molecule has 4 heteroatoms. The zero-order valence-electron chi connectivity index (χ0n) is 11.8. The zero-order valence-corrected chi connectivity index (χ0v) is 12.6. The molecule has 19 heavy (non-hydrogen) atoms. The molecule has 106 valence electrons. The van der Waals surface area contributed by atoms with Crippen molar-refractivity contribution in [1.82, 2.24) is 5.32 Å². The minimum atomic E-state index is 0.520. The molecule has 1 unspecified atom stereocenters. The largest absolute Gasteiger partial charge is 0.486 e. The predicted octanol–water partition coefficient (Wildman–Crippen LogP) is 3.64. The number of hydrogen-bond acceptors (Lipinski definition) is 3. The summed E-state index contributed by atoms with van der Waals surface area (Å²) in [5.41, 5.74) is 1.13. The molecule has 1 atom stereocenters. The zero-order chi connectivity index (χ0) is 13.8. The summed E-state index contributed by atoms with van der Waals surface area (Å²) in [5.74, 6) is 2.05. The number of rotatable bonds is 5. The molecule has 0 spiro atoms. The first-order valence-electron chi connectivity index (χ1n) is 6.93. The van der Waals surface area contributed by atoms with E-state index in [1.807, 2.05) is 12.1 Å². The van der Waals surface area contributed by atoms with Gasteiger partial charge in [0.15, 0.2) is 11.5 Å². The lowest BCUT2D eigenvalue weighted by atomic mass is 10.0. The van der Waals surface area contributed by atoms with Crippen molar-refractivity contribution < 1.29 is 9.47 Å². The molecule has 0 aromatic heterocycles. The quantitative estimate of drug-likeness (QED) is 0.895. The Morgan fingerprint density at radius 1 is 1.26 bits per heavy atom. The fourth-order valence-corrected chi connectivity index (χ4v) is 2.65. The van der Waals surface area contributed by atoms with Crippen LogP contribution >= 0.6 is 11.6 Å². The molecule has 0 saturated heterocycles. The van der Waals surface area contributed by atoms with Gasteiger partial charge in [0.2, 0.25) is 0 Å². The van der Waals surface area contributed by atoms with E-state index in [1.165, 1.54) is 0 Å². The first-order valence-corrected chi connectivity index (χ1v) is 7.31. The van der Waals surface area contributed by atoms with Gasteiger partial charge in [0.05, 0.1) is 5.02 Å². The molecule has 0 aliphatic carbocycles. The molecule has 2 rings (SSSR count). The Balaban J connectivity index is 2.07. The van der Waals surface area contributed by atoms with Crippen LogP contribution in [0, 0.1) is 5.92 Å². The summed E-state index contributed by atoms with van der Waals surface area (Å²) in [5, 5.41) is 4.20. The lowest BCUT2D eigenvalue weighted by Gasteiger charge is -2.23. The van der Waals surface area contributed by atoms with Crippen LogP contribution in [0.1, 0.15) is 32.8 Å². The van der Waals surface area contributed by atoms with Crippen LogP contribution in [0.3, 0.4) is 0 Å². The van der Waals surface area contributed by atoms with E-state index >= 15 is 0 Å². The average Bonchev–Trinajstić information content (AvgIpc) is 2.39. The van der Waals surface area contributed by atoms with Crippen LogP contribution in [0.2, 0.25) is 5.02 Å². The van der Waals surface area contributed by atoms with Crippen molar-refractivity contribution in [3.8, 4) is 11.5 Å². The van der Waals surface area contributed by atoms with E-state index in [0.717, 1.165) is 24.3 Å². The Bertz CT molecular complexity index is 434. The summed E-state index contributed by atoms with van der Waals surface area (Å²) in [4.78, 5) is 0. The third-order valence-corrected chi connectivity index (χ3v) is 3.75. The van der Waals surface area contributed by atoms with Crippen molar-refractivity contribution in [2.24, 2.45) is 5.92 Å². The van der Waals surface area contributed by atoms with Crippen LogP contribution in [0.4, 0.5) is 0 Å². The maximum Gasteiger partial charge on any atom is 0.179 e. The molecule has 3 nitrogen and oxygen atoms in total. The normalized spacial score (nSPS) is 15.6. The summed E-state index contributed by atoms with van der Waals surface area (Å²) < 4.78 is 11.1. The minimum absolute atomic E-state index is 0.520. The van der Waals surface area contributed by atoms with Gasteiger partial charge in [0.1, 0.15) is 13.2 Å². The van der Waals surface area contributed by atoms with Gasteiger partial charge in [-0.3, -0.25) is 0 Å². The molecule has 1 heterocycles. The van der Waals surface area contributed by atoms with Crippen LogP contribution in [0.15, 0.2) is 12.1 Å². The third kappa shape index (κ3) is 3.54. The molecule has 1 aromatic rings. The fraction of sp³-hybridized carbons (Fsp3) is 0.600. The second-order valence-electron chi connectivity index (χ2n) is 5.24. The van der Waals surface area contributed by atoms with Gasteiger partial charge < -0.3 is 14.8 Å². The fourth-order valence-electron chi connectivity index (χ4n) is 2.37. The van der Waals surface area contributed by atoms with Crippen molar-refractivity contribution in [3.05, 3.63) is 22.7 Å². The number of fused-ring (bicyclic) bond motifs is 1. The van der Waals surface area contributed by atoms with Crippen molar-refractivity contribution in [2.45, 2.75) is 39.8 Å². The van der Waals surface area contributed by atoms with Gasteiger partial charge in [-0.25, -0.2) is 0 Å². The molecular formula is C15H22ClNO2. The summed E-state index contributed by atoms with van der Waals surface area (Å²) in [6, 6.07) is 4.49. The Morgan fingerprint density at radius 3 is 2.68 bits per heavy atom. The second kappa shape index (κ2) is 6.49. The highest BCUT2D eigenvalue weighted by Crippen LogP contribution is 2.38. The third-order valence-electron chi connectivity index (χ3n) is 3.47. The second-order valence-corrected chi connectivity index (χ2v) is 5.65. The Kier molecular flexibility index (Phi) is 4.94. The first-order chi connectivity index (χ1) is 9.11. The number of hydrogen-bond donors (Lipinski definition) is 1. The van der Waals surface area contributed by atoms with Crippen molar-refractivity contribution in [1.29, 1.82) is 0 Å². The molecule has 1 aliphatic rings. The van der Waals surface area contributed by atoms with Crippen molar-refractivity contribution >= 4 is 11.6 Å². The molecule has 1 N–H and O–H groups in total. The van der Waals surface area contributed by atoms with Crippen LogP contribution in [0.25, 0.3) is 0 Å². The minimum Gasteiger partial charge on any atom is -0.486 e. The van der Waals surface area contributed by atoms with Gasteiger partial charge in [0, 0.05) is 12.6 Å². The predicted molar refractivity (Wildman–Crippen MR) is 78.2 cm³/mol. The standard InChI is InChI=1S/C15H22ClNO2/c1-4-13(10(2)3)17-9-11-7-12(16)15-14(8-11)18-5-6-19-15/h7-8,10,13,17H,4-6,9H2,1-3H3. The van der Waals surface area contributed by atoms with E-state index in [4.69, 9.17) is 21.1 Å². The molecule has 1 aliphatic heterocycles. The number of ether oxygens (including phenoxy) is 2. The maximum absolute atomic E-state index is 6.23. The monoisotopic (exact) mass is 283 g/mol. The lowest BCUT2D eigenvalue weighted by molar-refractivity contribution is 0.171. The van der Waals surface area contributed by atoms with Crippen LogP contribution < -0.4 is 14.8 Å². The van der Waals surface area contributed by atoms with Crippen molar-refractivity contribution in [2.75, 3.05) is 13.2 Å². The van der Waals surface area contributed by atoms with E-state index < -0.39 is 0 Å². The van der Waals surface area contributed by atoms with Gasteiger partial charge in [-0.05, 0) is 30.0 Å². The molecule has 0 bridgehead atoms. The average molecular weight is 284 g/mol. The highest BCUT2D eigenvalue weighted by Gasteiger charge is 2.17. The summed E-state index contributed by atoms with van der Waals surface area (Å²) in [6.07, 6.45) is 1.12. The van der Waals surface area contributed by atoms with Gasteiger partial charge in [0.25, 0.3) is 0 Å². The Hall–Kier alpha value is -0.930. The van der Waals surface area contributed by atoms with Gasteiger partial charge in [-0.2, -0.15) is 0 Å². The summed E-state index contributed by atoms with van der Waals surface area (Å²) in [7, 11) is 0. The Morgan fingerprint density at radius 2 is 2.00 bits per heavy atom. The van der Waals surface area contributed by atoms with Gasteiger partial charge in [-0.15, -0.1) is 0 Å². The van der Waals surface area contributed by atoms with E-state index in [1.54, 1.807) is 0 Å². The van der Waals surface area contributed by atoms with Crippen molar-refractivity contribution in [3.63, 3.8) is 0 Å². The topological polar surface area (TPSA) is 30.5 Å². The first kappa shape index (κ1) is 14.5. The number of halogens is 1. The van der Waals surface area contributed by atoms with Crippen LogP contribution in [-0.2, 0) is 6.54 Å². The van der Waals surface area contributed by atoms with E-state index in [2.05, 4.69) is 26.1 Å². The molecular weight excluding hydrogens is 262 g/mol. The molecule has 0 fully saturated rings. The molecule has 0 radical (unpaired) electrons. The molecule has 1 aromatic carbocycles. The summed E-state index contributed by atoms with van der Waals surface area (Å²) in [6.45, 7) is 8.62. The van der Waals surface area contributed by atoms with Gasteiger partial charge >= 0.3 is 0 Å². The Labute approximate surface area is 120 Å². The van der Waals surface area contributed by atoms with E-state index in [-0.39, 0.29) is 0 Å². The highest BCUT2D eigenvalue weighted by molar-refractivity contribution is 6.32. The highest BCUT2D eigenvalue weighted by atomic mass is 35.5. The maximum atomic E-state index is 6.23.